The average Bonchev–Trinajstić information content (AvgIpc) is 3.00. The van der Waals surface area contributed by atoms with Crippen LogP contribution in [0.15, 0.2) is 60.7 Å². The second-order valence-electron chi connectivity index (χ2n) is 10.5. The van der Waals surface area contributed by atoms with Gasteiger partial charge >= 0.3 is 11.9 Å². The fourth-order valence-corrected chi connectivity index (χ4v) is 5.61. The van der Waals surface area contributed by atoms with E-state index in [1.807, 2.05) is 12.1 Å². The summed E-state index contributed by atoms with van der Waals surface area (Å²) in [5, 5.41) is 24.3. The summed E-state index contributed by atoms with van der Waals surface area (Å²) in [5.74, 6) is -6.12. The Bertz CT molecular complexity index is 1590. The van der Waals surface area contributed by atoms with E-state index in [9.17, 15) is 33.9 Å². The van der Waals surface area contributed by atoms with Crippen molar-refractivity contribution in [3.63, 3.8) is 0 Å². The molecule has 0 saturated carbocycles. The van der Waals surface area contributed by atoms with E-state index in [4.69, 9.17) is 5.11 Å². The van der Waals surface area contributed by atoms with Gasteiger partial charge in [-0.05, 0) is 43.0 Å². The lowest BCUT2D eigenvalue weighted by Gasteiger charge is -2.32. The maximum absolute atomic E-state index is 13.6. The lowest BCUT2D eigenvalue weighted by atomic mass is 9.92. The van der Waals surface area contributed by atoms with Crippen molar-refractivity contribution in [3.05, 3.63) is 77.4 Å². The molecule has 0 radical (unpaired) electrons. The number of anilines is 1. The van der Waals surface area contributed by atoms with Crippen LogP contribution in [0.4, 0.5) is 5.69 Å². The molecular formula is C31H30N4O8. The Kier molecular flexibility index (Phi) is 8.37. The third-order valence-electron chi connectivity index (χ3n) is 7.66. The molecule has 1 saturated heterocycles. The van der Waals surface area contributed by atoms with E-state index in [-0.39, 0.29) is 16.7 Å². The van der Waals surface area contributed by atoms with Crippen molar-refractivity contribution in [2.75, 3.05) is 24.5 Å². The van der Waals surface area contributed by atoms with E-state index < -0.39 is 60.6 Å². The Morgan fingerprint density at radius 2 is 1.47 bits per heavy atom. The zero-order valence-corrected chi connectivity index (χ0v) is 23.1. The van der Waals surface area contributed by atoms with Crippen LogP contribution in [-0.2, 0) is 19.2 Å². The molecule has 2 atom stereocenters. The topological polar surface area (TPSA) is 173 Å². The molecule has 1 fully saturated rings. The van der Waals surface area contributed by atoms with Gasteiger partial charge in [-0.1, -0.05) is 42.5 Å². The standard InChI is InChI=1S/C31H30N4O8/c36-24(33-27(18-8-3-1-4-9-18)28(39)32-22(31(42)43)16-25(37)38)17-35-29(40)20-11-7-10-19-23(34-14-5-2-6-15-34)13-12-21(26(19)20)30(35)41/h1,3-4,7-13,22,27H,2,5-6,14-17H2,(H,32,39)(H,33,36)(H,37,38)(H,42,43)/t22-,27-/m0/s1. The summed E-state index contributed by atoms with van der Waals surface area (Å²) in [6.45, 7) is 1.06. The highest BCUT2D eigenvalue weighted by Crippen LogP contribution is 2.36. The van der Waals surface area contributed by atoms with Gasteiger partial charge in [0.15, 0.2) is 0 Å². The molecule has 0 aromatic heterocycles. The number of carbonyl (C=O) groups excluding carboxylic acids is 4. The van der Waals surface area contributed by atoms with Gasteiger partial charge in [-0.2, -0.15) is 0 Å². The van der Waals surface area contributed by atoms with Crippen LogP contribution in [0.1, 0.15) is 58.0 Å². The summed E-state index contributed by atoms with van der Waals surface area (Å²) in [6, 6.07) is 13.5. The van der Waals surface area contributed by atoms with E-state index in [1.54, 1.807) is 36.4 Å². The lowest BCUT2D eigenvalue weighted by Crippen LogP contribution is -2.51. The molecule has 3 aromatic carbocycles. The van der Waals surface area contributed by atoms with Crippen LogP contribution in [-0.4, -0.2) is 76.4 Å². The van der Waals surface area contributed by atoms with Gasteiger partial charge in [0.2, 0.25) is 11.8 Å². The lowest BCUT2D eigenvalue weighted by molar-refractivity contribution is -0.147. The third kappa shape index (κ3) is 6.03. The molecule has 222 valence electrons. The predicted octanol–water partition coefficient (Wildman–Crippen LogP) is 2.33. The van der Waals surface area contributed by atoms with Crippen LogP contribution in [0, 0.1) is 0 Å². The Morgan fingerprint density at radius 3 is 2.12 bits per heavy atom. The van der Waals surface area contributed by atoms with Gasteiger partial charge in [0, 0.05) is 40.7 Å². The summed E-state index contributed by atoms with van der Waals surface area (Å²) < 4.78 is 0. The second kappa shape index (κ2) is 12.3. The molecule has 0 unspecified atom stereocenters. The molecule has 4 N–H and O–H groups in total. The number of nitrogens with one attached hydrogen (secondary N) is 2. The zero-order valence-electron chi connectivity index (χ0n) is 23.1. The minimum absolute atomic E-state index is 0.282. The number of rotatable bonds is 10. The number of nitrogens with zero attached hydrogens (tertiary/aromatic N) is 2. The molecular weight excluding hydrogens is 556 g/mol. The smallest absolute Gasteiger partial charge is 0.326 e. The quantitative estimate of drug-likeness (QED) is 0.260. The minimum Gasteiger partial charge on any atom is -0.481 e. The first kappa shape index (κ1) is 29.2. The highest BCUT2D eigenvalue weighted by molar-refractivity contribution is 6.27. The molecule has 0 spiro atoms. The molecule has 3 aromatic rings. The predicted molar refractivity (Wildman–Crippen MR) is 155 cm³/mol. The number of hydrogen-bond donors (Lipinski definition) is 4. The van der Waals surface area contributed by atoms with Gasteiger partial charge in [-0.3, -0.25) is 28.9 Å². The molecule has 0 bridgehead atoms. The van der Waals surface area contributed by atoms with Gasteiger partial charge in [0.05, 0.1) is 6.42 Å². The molecule has 2 heterocycles. The number of carboxylic acids is 2. The van der Waals surface area contributed by atoms with E-state index in [1.165, 1.54) is 12.1 Å². The first-order chi connectivity index (χ1) is 20.7. The average molecular weight is 587 g/mol. The molecule has 2 aliphatic heterocycles. The maximum atomic E-state index is 13.6. The number of aliphatic carboxylic acids is 2. The largest absolute Gasteiger partial charge is 0.481 e. The second-order valence-corrected chi connectivity index (χ2v) is 10.5. The zero-order chi connectivity index (χ0) is 30.7. The Morgan fingerprint density at radius 1 is 0.791 bits per heavy atom. The fraction of sp³-hybridized carbons (Fsp3) is 0.290. The minimum atomic E-state index is -1.75. The highest BCUT2D eigenvalue weighted by atomic mass is 16.4. The molecule has 43 heavy (non-hydrogen) atoms. The van der Waals surface area contributed by atoms with Crippen molar-refractivity contribution in [1.82, 2.24) is 15.5 Å². The molecule has 2 aliphatic rings. The molecule has 12 heteroatoms. The number of carbonyl (C=O) groups is 6. The number of hydrogen-bond acceptors (Lipinski definition) is 7. The Labute approximate surface area is 246 Å². The van der Waals surface area contributed by atoms with Crippen molar-refractivity contribution in [3.8, 4) is 0 Å². The van der Waals surface area contributed by atoms with Crippen LogP contribution < -0.4 is 15.5 Å². The number of imide groups is 1. The van der Waals surface area contributed by atoms with E-state index in [0.29, 0.717) is 5.39 Å². The van der Waals surface area contributed by atoms with Gasteiger partial charge in [0.25, 0.3) is 11.8 Å². The number of piperidine rings is 1. The van der Waals surface area contributed by atoms with Gasteiger partial charge in [0.1, 0.15) is 18.6 Å². The van der Waals surface area contributed by atoms with Crippen molar-refractivity contribution in [1.29, 1.82) is 0 Å². The first-order valence-electron chi connectivity index (χ1n) is 13.9. The summed E-state index contributed by atoms with van der Waals surface area (Å²) >= 11 is 0. The van der Waals surface area contributed by atoms with Crippen LogP contribution >= 0.6 is 0 Å². The number of benzene rings is 3. The fourth-order valence-electron chi connectivity index (χ4n) is 5.61. The first-order valence-corrected chi connectivity index (χ1v) is 13.9. The Balaban J connectivity index is 1.38. The van der Waals surface area contributed by atoms with E-state index >= 15 is 0 Å². The molecule has 0 aliphatic carbocycles. The van der Waals surface area contributed by atoms with Gasteiger partial charge in [-0.25, -0.2) is 4.79 Å². The third-order valence-corrected chi connectivity index (χ3v) is 7.66. The summed E-state index contributed by atoms with van der Waals surface area (Å²) in [4.78, 5) is 79.2. The molecule has 4 amide bonds. The Hall–Kier alpha value is -5.26. The maximum Gasteiger partial charge on any atom is 0.326 e. The number of carboxylic acid groups (broad SMARTS) is 2. The summed E-state index contributed by atoms with van der Waals surface area (Å²) in [5.41, 5.74) is 1.80. The monoisotopic (exact) mass is 586 g/mol. The number of amides is 4. The summed E-state index contributed by atoms with van der Waals surface area (Å²) in [7, 11) is 0. The SMILES string of the molecule is O=C(O)C[C@H](NC(=O)[C@@H](NC(=O)CN1C(=O)c2cccc3c(N4CCCCC4)ccc(c23)C1=O)c1ccccc1)C(=O)O. The van der Waals surface area contributed by atoms with Crippen LogP contribution in [0.2, 0.25) is 0 Å². The van der Waals surface area contributed by atoms with Crippen LogP contribution in [0.25, 0.3) is 10.8 Å². The van der Waals surface area contributed by atoms with E-state index in [2.05, 4.69) is 15.5 Å². The van der Waals surface area contributed by atoms with Crippen molar-refractivity contribution in [2.45, 2.75) is 37.8 Å². The van der Waals surface area contributed by atoms with Crippen molar-refractivity contribution in [2.24, 2.45) is 0 Å². The van der Waals surface area contributed by atoms with Crippen molar-refractivity contribution >= 4 is 52.0 Å². The van der Waals surface area contributed by atoms with Crippen LogP contribution in [0.3, 0.4) is 0 Å². The van der Waals surface area contributed by atoms with Crippen LogP contribution in [0.5, 0.6) is 0 Å². The van der Waals surface area contributed by atoms with Crippen molar-refractivity contribution < 1.29 is 39.0 Å². The van der Waals surface area contributed by atoms with E-state index in [0.717, 1.165) is 48.3 Å². The molecule has 12 nitrogen and oxygen atoms in total. The highest BCUT2D eigenvalue weighted by Gasteiger charge is 2.36. The van der Waals surface area contributed by atoms with Gasteiger partial charge in [-0.15, -0.1) is 0 Å². The normalized spacial score (nSPS) is 16.0. The van der Waals surface area contributed by atoms with Gasteiger partial charge < -0.3 is 25.7 Å². The molecule has 5 rings (SSSR count). The summed E-state index contributed by atoms with van der Waals surface area (Å²) in [6.07, 6.45) is 2.39.